The molecule has 134 valence electrons. The lowest BCUT2D eigenvalue weighted by Gasteiger charge is -2.21. The molecule has 0 aromatic heterocycles. The Morgan fingerprint density at radius 3 is 2.71 bits per heavy atom. The molecule has 7 heteroatoms. The molecular formula is C17H26N2O4S. The Morgan fingerprint density at radius 2 is 2.08 bits per heavy atom. The highest BCUT2D eigenvalue weighted by atomic mass is 32.2. The lowest BCUT2D eigenvalue weighted by Crippen LogP contribution is -2.29. The molecule has 1 aromatic rings. The van der Waals surface area contributed by atoms with Crippen molar-refractivity contribution in [2.75, 3.05) is 17.5 Å². The second-order valence-electron chi connectivity index (χ2n) is 7.02. The molecule has 0 aliphatic carbocycles. The highest BCUT2D eigenvalue weighted by Gasteiger charge is 2.35. The number of hydrogen-bond donors (Lipinski definition) is 3. The van der Waals surface area contributed by atoms with Gasteiger partial charge in [-0.2, -0.15) is 4.31 Å². The highest BCUT2D eigenvalue weighted by Crippen LogP contribution is 2.32. The standard InChI is InChI=1S/C17H26N2O4S/c1-17(2,12-20)9-5-3-4-6-13-7-8-15(21)14(10-13)19-11-16(22)18-24(19)23/h7-8,10,20-21H,3-6,9,11-12H2,1-2H3,(H,18,22). The van der Waals surface area contributed by atoms with E-state index in [2.05, 4.69) is 18.6 Å². The van der Waals surface area contributed by atoms with E-state index in [-0.39, 0.29) is 30.2 Å². The number of nitrogens with one attached hydrogen (secondary N) is 1. The maximum Gasteiger partial charge on any atom is 0.287 e. The highest BCUT2D eigenvalue weighted by molar-refractivity contribution is 7.92. The van der Waals surface area contributed by atoms with Crippen LogP contribution < -0.4 is 9.03 Å². The third-order valence-corrected chi connectivity index (χ3v) is 5.37. The molecule has 0 spiro atoms. The van der Waals surface area contributed by atoms with Crippen molar-refractivity contribution < 1.29 is 19.6 Å². The van der Waals surface area contributed by atoms with E-state index in [0.717, 1.165) is 37.7 Å². The molecule has 1 unspecified atom stereocenters. The van der Waals surface area contributed by atoms with Gasteiger partial charge < -0.3 is 14.8 Å². The minimum absolute atomic E-state index is 0.0140. The topological polar surface area (TPSA) is 95.9 Å². The van der Waals surface area contributed by atoms with E-state index >= 15 is 0 Å². The zero-order valence-corrected chi connectivity index (χ0v) is 15.1. The predicted molar refractivity (Wildman–Crippen MR) is 94.8 cm³/mol. The van der Waals surface area contributed by atoms with Gasteiger partial charge in [-0.05, 0) is 42.4 Å². The second-order valence-corrected chi connectivity index (χ2v) is 8.16. The van der Waals surface area contributed by atoms with Gasteiger partial charge in [0.25, 0.3) is 5.91 Å². The Hall–Kier alpha value is -1.44. The number of carbonyl (C=O) groups excluding carboxylic acids is 1. The zero-order chi connectivity index (χ0) is 17.7. The van der Waals surface area contributed by atoms with Gasteiger partial charge in [0.2, 0.25) is 0 Å². The molecule has 0 saturated carbocycles. The van der Waals surface area contributed by atoms with Crippen LogP contribution in [0.2, 0.25) is 0 Å². The van der Waals surface area contributed by atoms with Crippen LogP contribution in [0.1, 0.15) is 45.1 Å². The number of aryl methyl sites for hydroxylation is 1. The number of phenols is 1. The van der Waals surface area contributed by atoms with Crippen molar-refractivity contribution in [3.63, 3.8) is 0 Å². The second kappa shape index (κ2) is 8.09. The Morgan fingerprint density at radius 1 is 1.33 bits per heavy atom. The minimum Gasteiger partial charge on any atom is -0.568 e. The zero-order valence-electron chi connectivity index (χ0n) is 14.2. The van der Waals surface area contributed by atoms with Gasteiger partial charge in [0.1, 0.15) is 11.4 Å². The van der Waals surface area contributed by atoms with Crippen LogP contribution in [-0.4, -0.2) is 33.8 Å². The summed E-state index contributed by atoms with van der Waals surface area (Å²) in [5.41, 5.74) is 1.44. The number of amides is 1. The van der Waals surface area contributed by atoms with Gasteiger partial charge in [0.05, 0.1) is 0 Å². The number of carbonyl (C=O) groups is 1. The van der Waals surface area contributed by atoms with E-state index in [0.29, 0.717) is 5.69 Å². The van der Waals surface area contributed by atoms with Crippen molar-refractivity contribution in [2.45, 2.75) is 46.0 Å². The molecule has 1 aliphatic rings. The van der Waals surface area contributed by atoms with Crippen LogP contribution in [0.4, 0.5) is 5.69 Å². The van der Waals surface area contributed by atoms with E-state index in [4.69, 9.17) is 0 Å². The SMILES string of the molecule is CC(C)(CO)CCCCCc1ccc(O)c(N2CC(=O)N[S+]2[O-])c1. The van der Waals surface area contributed by atoms with Crippen LogP contribution in [0.5, 0.6) is 5.75 Å². The van der Waals surface area contributed by atoms with Crippen LogP contribution >= 0.6 is 0 Å². The smallest absolute Gasteiger partial charge is 0.287 e. The molecule has 3 N–H and O–H groups in total. The van der Waals surface area contributed by atoms with Gasteiger partial charge in [-0.25, -0.2) is 0 Å². The number of benzene rings is 1. The van der Waals surface area contributed by atoms with Crippen molar-refractivity contribution in [3.05, 3.63) is 23.8 Å². The maximum absolute atomic E-state index is 11.8. The fourth-order valence-corrected chi connectivity index (χ4v) is 3.59. The van der Waals surface area contributed by atoms with Crippen LogP contribution in [0.15, 0.2) is 18.2 Å². The summed E-state index contributed by atoms with van der Waals surface area (Å²) in [5.74, 6) is -0.294. The Bertz CT molecular complexity index is 580. The first-order chi connectivity index (χ1) is 11.3. The number of rotatable bonds is 8. The van der Waals surface area contributed by atoms with Gasteiger partial charge in [0, 0.05) is 6.61 Å². The van der Waals surface area contributed by atoms with E-state index in [1.54, 1.807) is 12.1 Å². The van der Waals surface area contributed by atoms with E-state index in [1.165, 1.54) is 4.31 Å². The van der Waals surface area contributed by atoms with Crippen molar-refractivity contribution in [3.8, 4) is 5.75 Å². The third-order valence-electron chi connectivity index (χ3n) is 4.24. The van der Waals surface area contributed by atoms with Gasteiger partial charge >= 0.3 is 0 Å². The number of aliphatic hydroxyl groups is 1. The van der Waals surface area contributed by atoms with Gasteiger partial charge in [-0.3, -0.25) is 4.79 Å². The minimum atomic E-state index is -1.63. The van der Waals surface area contributed by atoms with Gasteiger partial charge in [-0.1, -0.05) is 32.8 Å². The fraction of sp³-hybridized carbons (Fsp3) is 0.588. The average molecular weight is 354 g/mol. The van der Waals surface area contributed by atoms with Crippen molar-refractivity contribution in [1.29, 1.82) is 0 Å². The van der Waals surface area contributed by atoms with Crippen LogP contribution in [0.25, 0.3) is 0 Å². The molecular weight excluding hydrogens is 328 g/mol. The number of aliphatic hydroxyl groups excluding tert-OH is 1. The summed E-state index contributed by atoms with van der Waals surface area (Å²) < 4.78 is 15.5. The van der Waals surface area contributed by atoms with Crippen LogP contribution in [0, 0.1) is 5.41 Å². The summed E-state index contributed by atoms with van der Waals surface area (Å²) in [6, 6.07) is 5.23. The summed E-state index contributed by atoms with van der Waals surface area (Å²) in [5, 5.41) is 19.2. The molecule has 1 atom stereocenters. The molecule has 1 amide bonds. The molecule has 1 aromatic carbocycles. The number of unbranched alkanes of at least 4 members (excludes halogenated alkanes) is 2. The first-order valence-electron chi connectivity index (χ1n) is 8.24. The van der Waals surface area contributed by atoms with E-state index < -0.39 is 11.5 Å². The largest absolute Gasteiger partial charge is 0.568 e. The molecule has 2 rings (SSSR count). The fourth-order valence-electron chi connectivity index (χ4n) is 2.66. The van der Waals surface area contributed by atoms with Crippen molar-refractivity contribution in [1.82, 2.24) is 4.72 Å². The normalized spacial score (nSPS) is 18.1. The van der Waals surface area contributed by atoms with E-state index in [9.17, 15) is 19.6 Å². The summed E-state index contributed by atoms with van der Waals surface area (Å²) in [4.78, 5) is 11.3. The van der Waals surface area contributed by atoms with Crippen molar-refractivity contribution >= 4 is 23.1 Å². The number of aromatic hydroxyl groups is 1. The molecule has 1 saturated heterocycles. The van der Waals surface area contributed by atoms with Gasteiger partial charge in [0.15, 0.2) is 18.1 Å². The predicted octanol–water partition coefficient (Wildman–Crippen LogP) is 2.03. The lowest BCUT2D eigenvalue weighted by molar-refractivity contribution is -0.117. The average Bonchev–Trinajstić information content (AvgIpc) is 2.87. The number of hydrogen-bond acceptors (Lipinski definition) is 5. The molecule has 6 nitrogen and oxygen atoms in total. The van der Waals surface area contributed by atoms with Crippen LogP contribution in [0.3, 0.4) is 0 Å². The summed E-state index contributed by atoms with van der Waals surface area (Å²) in [7, 11) is 0. The quantitative estimate of drug-likeness (QED) is 0.490. The van der Waals surface area contributed by atoms with Crippen molar-refractivity contribution in [2.24, 2.45) is 5.41 Å². The molecule has 1 heterocycles. The first kappa shape index (κ1) is 18.9. The number of nitrogens with zero attached hydrogens (tertiary/aromatic N) is 1. The van der Waals surface area contributed by atoms with Gasteiger partial charge in [-0.15, -0.1) is 4.72 Å². The molecule has 1 fully saturated rings. The number of phenolic OH excluding ortho intramolecular Hbond substituents is 1. The summed E-state index contributed by atoms with van der Waals surface area (Å²) in [6.45, 7) is 4.31. The summed E-state index contributed by atoms with van der Waals surface area (Å²) in [6.07, 6.45) is 4.98. The van der Waals surface area contributed by atoms with Crippen LogP contribution in [-0.2, 0) is 22.8 Å². The molecule has 1 aliphatic heterocycles. The third kappa shape index (κ3) is 5.03. The maximum atomic E-state index is 11.8. The Labute approximate surface area is 146 Å². The number of anilines is 1. The lowest BCUT2D eigenvalue weighted by atomic mass is 9.88. The van der Waals surface area contributed by atoms with E-state index in [1.807, 2.05) is 6.07 Å². The Balaban J connectivity index is 1.88. The molecule has 0 bridgehead atoms. The summed E-state index contributed by atoms with van der Waals surface area (Å²) >= 11 is -1.63. The molecule has 0 radical (unpaired) electrons. The Kier molecular flexibility index (Phi) is 6.37. The monoisotopic (exact) mass is 354 g/mol. The first-order valence-corrected chi connectivity index (χ1v) is 9.35. The molecule has 24 heavy (non-hydrogen) atoms.